The average molecular weight is 199 g/mol. The summed E-state index contributed by atoms with van der Waals surface area (Å²) in [5, 5.41) is 8.98. The maximum Gasteiger partial charge on any atom is 0.0994 e. The summed E-state index contributed by atoms with van der Waals surface area (Å²) in [5.41, 5.74) is 4.50. The first-order valence-corrected chi connectivity index (χ1v) is 5.34. The lowest BCUT2D eigenvalue weighted by Gasteiger charge is -2.09. The number of aryl methyl sites for hydroxylation is 1. The predicted molar refractivity (Wildman–Crippen MR) is 63.7 cm³/mol. The molecule has 0 aliphatic rings. The van der Waals surface area contributed by atoms with Crippen molar-refractivity contribution in [3.8, 4) is 6.07 Å². The van der Waals surface area contributed by atoms with Crippen molar-refractivity contribution in [1.82, 2.24) is 0 Å². The van der Waals surface area contributed by atoms with Crippen LogP contribution in [0.2, 0.25) is 0 Å². The zero-order chi connectivity index (χ0) is 11.3. The van der Waals surface area contributed by atoms with E-state index >= 15 is 0 Å². The van der Waals surface area contributed by atoms with E-state index in [0.717, 1.165) is 24.8 Å². The zero-order valence-electron chi connectivity index (χ0n) is 9.51. The Labute approximate surface area is 92.1 Å². The first-order valence-electron chi connectivity index (χ1n) is 5.34. The van der Waals surface area contributed by atoms with Gasteiger partial charge in [0.25, 0.3) is 0 Å². The predicted octanol–water partition coefficient (Wildman–Crippen LogP) is 3.63. The van der Waals surface area contributed by atoms with Gasteiger partial charge in [0.15, 0.2) is 0 Å². The van der Waals surface area contributed by atoms with E-state index in [9.17, 15) is 0 Å². The first kappa shape index (κ1) is 11.5. The van der Waals surface area contributed by atoms with Crippen LogP contribution in [0.1, 0.15) is 37.0 Å². The van der Waals surface area contributed by atoms with Crippen molar-refractivity contribution in [2.24, 2.45) is 0 Å². The summed E-state index contributed by atoms with van der Waals surface area (Å²) in [4.78, 5) is 0. The van der Waals surface area contributed by atoms with Gasteiger partial charge in [-0.25, -0.2) is 0 Å². The van der Waals surface area contributed by atoms with Gasteiger partial charge < -0.3 is 0 Å². The molecule has 0 aromatic heterocycles. The largest absolute Gasteiger partial charge is 0.192 e. The van der Waals surface area contributed by atoms with Crippen molar-refractivity contribution in [1.29, 1.82) is 5.26 Å². The number of benzene rings is 1. The van der Waals surface area contributed by atoms with Crippen LogP contribution in [0.4, 0.5) is 0 Å². The molecule has 0 saturated heterocycles. The van der Waals surface area contributed by atoms with E-state index in [4.69, 9.17) is 5.26 Å². The number of hydrogen-bond donors (Lipinski definition) is 0. The fourth-order valence-corrected chi connectivity index (χ4v) is 1.74. The van der Waals surface area contributed by atoms with Gasteiger partial charge >= 0.3 is 0 Å². The van der Waals surface area contributed by atoms with Crippen LogP contribution in [-0.4, -0.2) is 0 Å². The van der Waals surface area contributed by atoms with Crippen LogP contribution in [0.15, 0.2) is 30.4 Å². The molecule has 1 nitrogen and oxygen atoms in total. The molecule has 1 heteroatoms. The minimum absolute atomic E-state index is 0.816. The molecule has 1 aromatic carbocycles. The van der Waals surface area contributed by atoms with Crippen LogP contribution in [0.25, 0.3) is 0 Å². The molecule has 0 atom stereocenters. The lowest BCUT2D eigenvalue weighted by atomic mass is 9.95. The molecule has 0 unspecified atom stereocenters. The second-order valence-electron chi connectivity index (χ2n) is 3.87. The third kappa shape index (κ3) is 2.95. The van der Waals surface area contributed by atoms with Crippen LogP contribution in [0, 0.1) is 11.3 Å². The Balaban J connectivity index is 2.97. The molecule has 1 rings (SSSR count). The maximum atomic E-state index is 8.98. The summed E-state index contributed by atoms with van der Waals surface area (Å²) in [7, 11) is 0. The fourth-order valence-electron chi connectivity index (χ4n) is 1.74. The van der Waals surface area contributed by atoms with Crippen molar-refractivity contribution in [2.45, 2.75) is 33.1 Å². The van der Waals surface area contributed by atoms with Gasteiger partial charge in [-0.2, -0.15) is 5.26 Å². The molecule has 15 heavy (non-hydrogen) atoms. The molecular weight excluding hydrogens is 182 g/mol. The van der Waals surface area contributed by atoms with E-state index in [-0.39, 0.29) is 0 Å². The highest BCUT2D eigenvalue weighted by molar-refractivity contribution is 5.43. The van der Waals surface area contributed by atoms with E-state index in [1.165, 1.54) is 16.7 Å². The number of nitrogens with zero attached hydrogens (tertiary/aromatic N) is 1. The Morgan fingerprint density at radius 3 is 2.73 bits per heavy atom. The quantitative estimate of drug-likeness (QED) is 0.679. The molecule has 0 saturated carbocycles. The third-order valence-electron chi connectivity index (χ3n) is 2.57. The summed E-state index contributed by atoms with van der Waals surface area (Å²) in [5.74, 6) is 0. The molecule has 0 fully saturated rings. The van der Waals surface area contributed by atoms with Gasteiger partial charge in [-0.3, -0.25) is 0 Å². The topological polar surface area (TPSA) is 23.8 Å². The average Bonchev–Trinajstić information content (AvgIpc) is 2.25. The van der Waals surface area contributed by atoms with Crippen LogP contribution in [0.5, 0.6) is 0 Å². The monoisotopic (exact) mass is 199 g/mol. The van der Waals surface area contributed by atoms with Gasteiger partial charge in [0, 0.05) is 0 Å². The molecule has 0 spiro atoms. The Kier molecular flexibility index (Phi) is 4.12. The molecular formula is C14H17N. The lowest BCUT2D eigenvalue weighted by molar-refractivity contribution is 0.918. The Morgan fingerprint density at radius 2 is 2.20 bits per heavy atom. The fraction of sp³-hybridized carbons (Fsp3) is 0.357. The number of nitriles is 1. The Bertz CT molecular complexity index is 396. The molecule has 0 radical (unpaired) electrons. The van der Waals surface area contributed by atoms with Crippen LogP contribution in [-0.2, 0) is 12.8 Å². The Morgan fingerprint density at radius 1 is 1.47 bits per heavy atom. The van der Waals surface area contributed by atoms with E-state index in [1.54, 1.807) is 0 Å². The van der Waals surface area contributed by atoms with Crippen molar-refractivity contribution in [3.05, 3.63) is 47.0 Å². The highest BCUT2D eigenvalue weighted by Crippen LogP contribution is 2.17. The molecule has 0 aliphatic heterocycles. The van der Waals surface area contributed by atoms with Gasteiger partial charge in [-0.15, -0.1) is 6.58 Å². The molecule has 1 aromatic rings. The molecule has 0 bridgehead atoms. The van der Waals surface area contributed by atoms with E-state index < -0.39 is 0 Å². The highest BCUT2D eigenvalue weighted by atomic mass is 14.2. The van der Waals surface area contributed by atoms with Crippen molar-refractivity contribution < 1.29 is 0 Å². The van der Waals surface area contributed by atoms with Crippen molar-refractivity contribution in [3.63, 3.8) is 0 Å². The van der Waals surface area contributed by atoms with E-state index in [0.29, 0.717) is 0 Å². The van der Waals surface area contributed by atoms with Gasteiger partial charge in [-0.05, 0) is 43.4 Å². The summed E-state index contributed by atoms with van der Waals surface area (Å²) in [6.45, 7) is 8.04. The molecule has 0 amide bonds. The second-order valence-corrected chi connectivity index (χ2v) is 3.87. The lowest BCUT2D eigenvalue weighted by Crippen LogP contribution is -1.97. The molecule has 0 N–H and O–H groups in total. The second kappa shape index (κ2) is 5.36. The normalized spacial score (nSPS) is 9.67. The summed E-state index contributed by atoms with van der Waals surface area (Å²) < 4.78 is 0. The first-order chi connectivity index (χ1) is 7.19. The molecule has 0 heterocycles. The van der Waals surface area contributed by atoms with Crippen LogP contribution < -0.4 is 0 Å². The summed E-state index contributed by atoms with van der Waals surface area (Å²) >= 11 is 0. The summed E-state index contributed by atoms with van der Waals surface area (Å²) in [6, 6.07) is 8.22. The van der Waals surface area contributed by atoms with Gasteiger partial charge in [-0.1, -0.05) is 24.6 Å². The third-order valence-corrected chi connectivity index (χ3v) is 2.57. The highest BCUT2D eigenvalue weighted by Gasteiger charge is 2.05. The van der Waals surface area contributed by atoms with E-state index in [1.807, 2.05) is 19.1 Å². The molecule has 0 aliphatic carbocycles. The van der Waals surface area contributed by atoms with Crippen LogP contribution >= 0.6 is 0 Å². The van der Waals surface area contributed by atoms with Gasteiger partial charge in [0.05, 0.1) is 11.6 Å². The minimum atomic E-state index is 0.816. The standard InChI is InChI=1S/C14H17N/c1-4-14-12(9-8-11(2)3)6-5-7-13(14)10-15/h5-7H,2,4,8-9H2,1,3H3. The number of allylic oxidation sites excluding steroid dienone is 1. The van der Waals surface area contributed by atoms with Gasteiger partial charge in [0.1, 0.15) is 0 Å². The zero-order valence-corrected chi connectivity index (χ0v) is 9.51. The van der Waals surface area contributed by atoms with Crippen molar-refractivity contribution in [2.75, 3.05) is 0 Å². The number of hydrogen-bond acceptors (Lipinski definition) is 1. The SMILES string of the molecule is C=C(C)CCc1cccc(C#N)c1CC. The van der Waals surface area contributed by atoms with Crippen molar-refractivity contribution >= 4 is 0 Å². The summed E-state index contributed by atoms with van der Waals surface area (Å²) in [6.07, 6.45) is 2.92. The van der Waals surface area contributed by atoms with Crippen LogP contribution in [0.3, 0.4) is 0 Å². The van der Waals surface area contributed by atoms with Gasteiger partial charge in [0.2, 0.25) is 0 Å². The van der Waals surface area contributed by atoms with E-state index in [2.05, 4.69) is 25.6 Å². The maximum absolute atomic E-state index is 8.98. The molecule has 78 valence electrons. The smallest absolute Gasteiger partial charge is 0.0994 e. The Hall–Kier alpha value is -1.55. The number of rotatable bonds is 4. The minimum Gasteiger partial charge on any atom is -0.192 e.